The van der Waals surface area contributed by atoms with E-state index in [-0.39, 0.29) is 0 Å². The largest absolute Gasteiger partial charge is 0.322 e. The third-order valence-electron chi connectivity index (χ3n) is 3.88. The van der Waals surface area contributed by atoms with Crippen LogP contribution in [-0.2, 0) is 19.4 Å². The molecule has 3 rings (SSSR count). The molecule has 1 heterocycles. The van der Waals surface area contributed by atoms with Crippen molar-refractivity contribution in [3.8, 4) is 0 Å². The van der Waals surface area contributed by atoms with Gasteiger partial charge in [-0.3, -0.25) is 4.68 Å². The molecular weight excluding hydrogens is 220 g/mol. The van der Waals surface area contributed by atoms with Crippen molar-refractivity contribution in [1.29, 1.82) is 0 Å². The first kappa shape index (κ1) is 11.4. The third-order valence-corrected chi connectivity index (χ3v) is 3.88. The molecule has 2 aromatic rings. The molecule has 0 spiro atoms. The van der Waals surface area contributed by atoms with Crippen molar-refractivity contribution in [3.05, 3.63) is 58.4 Å². The van der Waals surface area contributed by atoms with Crippen molar-refractivity contribution in [2.45, 2.75) is 39.7 Å². The van der Waals surface area contributed by atoms with Gasteiger partial charge >= 0.3 is 0 Å². The Hall–Kier alpha value is -1.70. The highest BCUT2D eigenvalue weighted by Crippen LogP contribution is 2.22. The predicted molar refractivity (Wildman–Crippen MR) is 75.4 cm³/mol. The van der Waals surface area contributed by atoms with E-state index in [4.69, 9.17) is 0 Å². The minimum atomic E-state index is 0.892. The lowest BCUT2D eigenvalue weighted by molar-refractivity contribution is 0.791. The number of nitrogens with one attached hydrogen (secondary N) is 1. The number of rotatable bonds is 3. The van der Waals surface area contributed by atoms with E-state index in [2.05, 4.69) is 54.3 Å². The van der Waals surface area contributed by atoms with Gasteiger partial charge in [0.15, 0.2) is 0 Å². The first-order valence-corrected chi connectivity index (χ1v) is 6.73. The molecule has 2 nitrogen and oxygen atoms in total. The minimum absolute atomic E-state index is 0.892. The van der Waals surface area contributed by atoms with E-state index in [9.17, 15) is 0 Å². The Labute approximate surface area is 109 Å². The fourth-order valence-electron chi connectivity index (χ4n) is 2.82. The molecule has 0 bridgehead atoms. The first-order chi connectivity index (χ1) is 8.74. The van der Waals surface area contributed by atoms with E-state index in [1.54, 1.807) is 11.1 Å². The van der Waals surface area contributed by atoms with Gasteiger partial charge in [0.2, 0.25) is 0 Å². The van der Waals surface area contributed by atoms with Crippen molar-refractivity contribution in [1.82, 2.24) is 4.68 Å². The SMILES string of the molecule is Cc1ccc(C)n1NCc1ccc2c(c1)CCC2. The van der Waals surface area contributed by atoms with Crippen LogP contribution in [0.25, 0.3) is 0 Å². The highest BCUT2D eigenvalue weighted by Gasteiger charge is 2.10. The predicted octanol–water partition coefficient (Wildman–Crippen LogP) is 3.34. The standard InChI is InChI=1S/C16H20N2/c1-12-6-7-13(2)18(12)17-11-14-8-9-15-4-3-5-16(15)10-14/h6-10,17H,3-5,11H2,1-2H3. The van der Waals surface area contributed by atoms with E-state index < -0.39 is 0 Å². The molecule has 1 aliphatic carbocycles. The molecule has 0 fully saturated rings. The van der Waals surface area contributed by atoms with E-state index in [0.717, 1.165) is 6.54 Å². The lowest BCUT2D eigenvalue weighted by Gasteiger charge is -2.13. The summed E-state index contributed by atoms with van der Waals surface area (Å²) in [7, 11) is 0. The van der Waals surface area contributed by atoms with Crippen LogP contribution in [0, 0.1) is 13.8 Å². The van der Waals surface area contributed by atoms with Gasteiger partial charge in [-0.2, -0.15) is 0 Å². The first-order valence-electron chi connectivity index (χ1n) is 6.73. The molecule has 0 saturated heterocycles. The fourth-order valence-corrected chi connectivity index (χ4v) is 2.82. The van der Waals surface area contributed by atoms with Gasteiger partial charge in [0.05, 0.1) is 6.54 Å². The zero-order chi connectivity index (χ0) is 12.5. The number of aryl methyl sites for hydroxylation is 4. The highest BCUT2D eigenvalue weighted by molar-refractivity contribution is 5.35. The third kappa shape index (κ3) is 2.03. The number of hydrogen-bond donors (Lipinski definition) is 1. The van der Waals surface area contributed by atoms with Crippen molar-refractivity contribution >= 4 is 0 Å². The zero-order valence-electron chi connectivity index (χ0n) is 11.2. The fraction of sp³-hybridized carbons (Fsp3) is 0.375. The summed E-state index contributed by atoms with van der Waals surface area (Å²) in [6.07, 6.45) is 3.84. The molecule has 2 heteroatoms. The number of nitrogens with zero attached hydrogens (tertiary/aromatic N) is 1. The summed E-state index contributed by atoms with van der Waals surface area (Å²) in [5, 5.41) is 0. The van der Waals surface area contributed by atoms with E-state index in [0.29, 0.717) is 0 Å². The summed E-state index contributed by atoms with van der Waals surface area (Å²) >= 11 is 0. The Bertz CT molecular complexity index is 547. The van der Waals surface area contributed by atoms with Crippen LogP contribution in [0.5, 0.6) is 0 Å². The quantitative estimate of drug-likeness (QED) is 0.870. The molecule has 0 aliphatic heterocycles. The van der Waals surface area contributed by atoms with Gasteiger partial charge < -0.3 is 5.43 Å². The number of aromatic nitrogens is 1. The van der Waals surface area contributed by atoms with Gasteiger partial charge in [-0.15, -0.1) is 0 Å². The second-order valence-electron chi connectivity index (χ2n) is 5.24. The van der Waals surface area contributed by atoms with Crippen molar-refractivity contribution in [2.24, 2.45) is 0 Å². The Morgan fingerprint density at radius 1 is 1.00 bits per heavy atom. The van der Waals surface area contributed by atoms with Crippen LogP contribution in [0.3, 0.4) is 0 Å². The van der Waals surface area contributed by atoms with Crippen LogP contribution in [0.4, 0.5) is 0 Å². The zero-order valence-corrected chi connectivity index (χ0v) is 11.2. The average Bonchev–Trinajstić information content (AvgIpc) is 2.94. The summed E-state index contributed by atoms with van der Waals surface area (Å²) in [6.45, 7) is 5.15. The molecule has 0 saturated carbocycles. The summed E-state index contributed by atoms with van der Waals surface area (Å²) in [6, 6.07) is 11.2. The van der Waals surface area contributed by atoms with Crippen LogP contribution in [0.15, 0.2) is 30.3 Å². The smallest absolute Gasteiger partial charge is 0.0564 e. The van der Waals surface area contributed by atoms with Crippen molar-refractivity contribution in [3.63, 3.8) is 0 Å². The molecule has 1 aromatic heterocycles. The minimum Gasteiger partial charge on any atom is -0.322 e. The molecule has 0 unspecified atom stereocenters. The molecule has 94 valence electrons. The number of benzene rings is 1. The summed E-state index contributed by atoms with van der Waals surface area (Å²) in [5.41, 5.74) is 10.5. The summed E-state index contributed by atoms with van der Waals surface area (Å²) in [4.78, 5) is 0. The van der Waals surface area contributed by atoms with Gasteiger partial charge in [0.1, 0.15) is 0 Å². The van der Waals surface area contributed by atoms with Gasteiger partial charge in [-0.05, 0) is 61.9 Å². The van der Waals surface area contributed by atoms with Crippen LogP contribution < -0.4 is 5.43 Å². The van der Waals surface area contributed by atoms with Crippen LogP contribution in [-0.4, -0.2) is 4.68 Å². The molecule has 1 N–H and O–H groups in total. The van der Waals surface area contributed by atoms with Gasteiger partial charge in [0.25, 0.3) is 0 Å². The Balaban J connectivity index is 1.74. The van der Waals surface area contributed by atoms with Gasteiger partial charge in [0, 0.05) is 11.4 Å². The lowest BCUT2D eigenvalue weighted by Crippen LogP contribution is -2.16. The molecule has 0 atom stereocenters. The molecule has 0 amide bonds. The molecule has 1 aliphatic rings. The maximum Gasteiger partial charge on any atom is 0.0564 e. The Kier molecular flexibility index (Phi) is 2.86. The topological polar surface area (TPSA) is 17.0 Å². The summed E-state index contributed by atoms with van der Waals surface area (Å²) in [5.74, 6) is 0. The second-order valence-corrected chi connectivity index (χ2v) is 5.24. The van der Waals surface area contributed by atoms with Crippen molar-refractivity contribution < 1.29 is 0 Å². The average molecular weight is 240 g/mol. The summed E-state index contributed by atoms with van der Waals surface area (Å²) < 4.78 is 2.16. The Morgan fingerprint density at radius 2 is 1.72 bits per heavy atom. The molecular formula is C16H20N2. The maximum atomic E-state index is 3.49. The normalized spacial score (nSPS) is 13.7. The molecule has 1 aromatic carbocycles. The Morgan fingerprint density at radius 3 is 2.50 bits per heavy atom. The highest BCUT2D eigenvalue weighted by atomic mass is 15.4. The van der Waals surface area contributed by atoms with Crippen molar-refractivity contribution in [2.75, 3.05) is 5.43 Å². The van der Waals surface area contributed by atoms with Crippen LogP contribution in [0.1, 0.15) is 34.5 Å². The second kappa shape index (κ2) is 4.52. The van der Waals surface area contributed by atoms with Crippen LogP contribution >= 0.6 is 0 Å². The van der Waals surface area contributed by atoms with Crippen LogP contribution in [0.2, 0.25) is 0 Å². The van der Waals surface area contributed by atoms with E-state index in [1.807, 2.05) is 0 Å². The van der Waals surface area contributed by atoms with E-state index >= 15 is 0 Å². The number of hydrogen-bond acceptors (Lipinski definition) is 1. The van der Waals surface area contributed by atoms with E-state index in [1.165, 1.54) is 36.2 Å². The maximum absolute atomic E-state index is 3.49. The van der Waals surface area contributed by atoms with Gasteiger partial charge in [-0.25, -0.2) is 0 Å². The monoisotopic (exact) mass is 240 g/mol. The van der Waals surface area contributed by atoms with Gasteiger partial charge in [-0.1, -0.05) is 18.2 Å². The molecule has 0 radical (unpaired) electrons. The molecule has 18 heavy (non-hydrogen) atoms. The lowest BCUT2D eigenvalue weighted by atomic mass is 10.1. The number of fused-ring (bicyclic) bond motifs is 1.